The van der Waals surface area contributed by atoms with E-state index >= 15 is 0 Å². The molecule has 1 amide bonds. The third-order valence-corrected chi connectivity index (χ3v) is 5.91. The van der Waals surface area contributed by atoms with E-state index in [1.807, 2.05) is 35.9 Å². The number of nitrogens with one attached hydrogen (secondary N) is 1. The van der Waals surface area contributed by atoms with Crippen LogP contribution in [0, 0.1) is 30.6 Å². The summed E-state index contributed by atoms with van der Waals surface area (Å²) in [5, 5.41) is 17.7. The number of hydrogen-bond donors (Lipinski definition) is 2. The Bertz CT molecular complexity index is 1150. The van der Waals surface area contributed by atoms with Gasteiger partial charge in [0.25, 0.3) is 0 Å². The second kappa shape index (κ2) is 14.0. The summed E-state index contributed by atoms with van der Waals surface area (Å²) >= 11 is 0. The van der Waals surface area contributed by atoms with Gasteiger partial charge in [-0.25, -0.2) is 4.68 Å². The number of carbonyl (C=O) groups is 3. The van der Waals surface area contributed by atoms with Crippen molar-refractivity contribution >= 4 is 18.0 Å². The van der Waals surface area contributed by atoms with Crippen molar-refractivity contribution in [2.45, 2.75) is 77.9 Å². The van der Waals surface area contributed by atoms with Crippen molar-refractivity contribution < 1.29 is 19.5 Å². The first kappa shape index (κ1) is 28.6. The molecule has 1 fully saturated rings. The van der Waals surface area contributed by atoms with Crippen LogP contribution in [0.5, 0.6) is 0 Å². The summed E-state index contributed by atoms with van der Waals surface area (Å²) < 4.78 is 1.83. The average molecular weight is 490 g/mol. The van der Waals surface area contributed by atoms with Crippen LogP contribution in [0.2, 0.25) is 0 Å². The normalized spacial score (nSPS) is 16.3. The molecule has 0 radical (unpaired) electrons. The van der Waals surface area contributed by atoms with Crippen LogP contribution in [0.4, 0.5) is 0 Å². The van der Waals surface area contributed by atoms with Crippen molar-refractivity contribution in [3.05, 3.63) is 46.8 Å². The molecule has 2 aliphatic rings. The standard InChI is InChI=1S/C25H29N3O3.C2H4O.C2H2/c1-3-6-20(30)14-11-17-7-4-8-19(15-17)28-22-10-5-9-21(26-25(31)18-12-13-18)23(22)24(27-28)16(2)29;1-2-3;1-2/h4,7-8,15,18,20-21,30H,3,5-6,9-10,12-13H2,1-2H3,(H,26,31);2H,1H3;1-2H/t20-,21-;;/m1../s1. The molecule has 4 rings (SSSR count). The fourth-order valence-electron chi connectivity index (χ4n) is 4.17. The highest BCUT2D eigenvalue weighted by Crippen LogP contribution is 2.36. The van der Waals surface area contributed by atoms with Gasteiger partial charge in [0.15, 0.2) is 5.78 Å². The van der Waals surface area contributed by atoms with Gasteiger partial charge in [-0.15, -0.1) is 12.8 Å². The number of aliphatic hydroxyl groups excluding tert-OH is 1. The Hall–Kier alpha value is -3.68. The number of fused-ring (bicyclic) bond motifs is 1. The van der Waals surface area contributed by atoms with Gasteiger partial charge in [-0.3, -0.25) is 9.59 Å². The van der Waals surface area contributed by atoms with Crippen LogP contribution in [0.15, 0.2) is 24.3 Å². The number of benzene rings is 1. The van der Waals surface area contributed by atoms with E-state index in [4.69, 9.17) is 4.79 Å². The van der Waals surface area contributed by atoms with E-state index in [2.05, 4.69) is 35.1 Å². The lowest BCUT2D eigenvalue weighted by Crippen LogP contribution is -2.32. The van der Waals surface area contributed by atoms with E-state index < -0.39 is 6.10 Å². The number of amides is 1. The van der Waals surface area contributed by atoms with Gasteiger partial charge in [0.2, 0.25) is 5.91 Å². The highest BCUT2D eigenvalue weighted by Gasteiger charge is 2.35. The highest BCUT2D eigenvalue weighted by molar-refractivity contribution is 5.94. The van der Waals surface area contributed by atoms with Crippen molar-refractivity contribution in [1.82, 2.24) is 15.1 Å². The summed E-state index contributed by atoms with van der Waals surface area (Å²) in [6.45, 7) is 4.98. The van der Waals surface area contributed by atoms with E-state index in [0.29, 0.717) is 12.1 Å². The maximum atomic E-state index is 12.4. The molecule has 0 spiro atoms. The van der Waals surface area contributed by atoms with Crippen LogP contribution in [-0.4, -0.2) is 39.0 Å². The smallest absolute Gasteiger partial charge is 0.223 e. The number of nitrogens with zero attached hydrogens (tertiary/aromatic N) is 2. The monoisotopic (exact) mass is 489 g/mol. The van der Waals surface area contributed by atoms with Crippen LogP contribution in [-0.2, 0) is 16.0 Å². The largest absolute Gasteiger partial charge is 0.380 e. The molecular formula is C29H35N3O4. The third-order valence-electron chi connectivity index (χ3n) is 5.91. The molecule has 0 bridgehead atoms. The zero-order valence-corrected chi connectivity index (χ0v) is 21.3. The molecule has 0 aliphatic heterocycles. The molecule has 1 aromatic heterocycles. The molecule has 2 atom stereocenters. The predicted octanol–water partition coefficient (Wildman–Crippen LogP) is 3.95. The van der Waals surface area contributed by atoms with Crippen molar-refractivity contribution in [2.24, 2.45) is 5.92 Å². The maximum Gasteiger partial charge on any atom is 0.223 e. The number of ketones is 1. The zero-order valence-electron chi connectivity index (χ0n) is 21.3. The van der Waals surface area contributed by atoms with Gasteiger partial charge in [0.05, 0.1) is 17.4 Å². The van der Waals surface area contributed by atoms with Gasteiger partial charge in [-0.05, 0) is 63.6 Å². The van der Waals surface area contributed by atoms with E-state index in [0.717, 1.165) is 67.3 Å². The van der Waals surface area contributed by atoms with E-state index in [1.165, 1.54) is 13.8 Å². The summed E-state index contributed by atoms with van der Waals surface area (Å²) in [6.07, 6.45) is 14.1. The van der Waals surface area contributed by atoms with Crippen LogP contribution in [0.25, 0.3) is 5.69 Å². The number of rotatable bonds is 6. The van der Waals surface area contributed by atoms with Gasteiger partial charge in [-0.1, -0.05) is 31.3 Å². The number of terminal acetylenes is 1. The Morgan fingerprint density at radius 1 is 1.31 bits per heavy atom. The lowest BCUT2D eigenvalue weighted by atomic mass is 9.89. The molecule has 2 aliphatic carbocycles. The van der Waals surface area contributed by atoms with Gasteiger partial charge >= 0.3 is 0 Å². The maximum absolute atomic E-state index is 12.4. The molecular weight excluding hydrogens is 454 g/mol. The van der Waals surface area contributed by atoms with E-state index in [1.54, 1.807) is 0 Å². The average Bonchev–Trinajstić information content (AvgIpc) is 3.65. The predicted molar refractivity (Wildman–Crippen MR) is 140 cm³/mol. The summed E-state index contributed by atoms with van der Waals surface area (Å²) in [6, 6.07) is 7.50. The number of Topliss-reactive ketones (excluding diaryl/α,β-unsaturated/α-hetero) is 1. The second-order valence-corrected chi connectivity index (χ2v) is 8.76. The molecule has 2 N–H and O–H groups in total. The van der Waals surface area contributed by atoms with Crippen molar-refractivity contribution in [3.63, 3.8) is 0 Å². The van der Waals surface area contributed by atoms with Crippen LogP contribution in [0.3, 0.4) is 0 Å². The van der Waals surface area contributed by atoms with Crippen LogP contribution in [0.1, 0.15) is 92.6 Å². The Morgan fingerprint density at radius 3 is 2.61 bits per heavy atom. The van der Waals surface area contributed by atoms with Gasteiger partial charge in [-0.2, -0.15) is 5.10 Å². The minimum Gasteiger partial charge on any atom is -0.380 e. The highest BCUT2D eigenvalue weighted by atomic mass is 16.3. The lowest BCUT2D eigenvalue weighted by molar-refractivity contribution is -0.123. The summed E-state index contributed by atoms with van der Waals surface area (Å²) in [4.78, 5) is 33.6. The SMILES string of the molecule is C#C.CC=O.CCC[C@@H](O)C#Cc1cccc(-n2nc(C(C)=O)c3c2CCC[C@H]3NC(=O)C2CC2)c1. The van der Waals surface area contributed by atoms with Gasteiger partial charge < -0.3 is 15.2 Å². The molecule has 1 saturated carbocycles. The van der Waals surface area contributed by atoms with E-state index in [-0.39, 0.29) is 23.7 Å². The second-order valence-electron chi connectivity index (χ2n) is 8.76. The molecule has 0 unspecified atom stereocenters. The van der Waals surface area contributed by atoms with Crippen molar-refractivity contribution in [2.75, 3.05) is 0 Å². The van der Waals surface area contributed by atoms with Crippen molar-refractivity contribution in [1.29, 1.82) is 0 Å². The first-order valence-corrected chi connectivity index (χ1v) is 12.4. The summed E-state index contributed by atoms with van der Waals surface area (Å²) in [5.41, 5.74) is 3.90. The Kier molecular flexibility index (Phi) is 11.1. The first-order chi connectivity index (χ1) is 17.4. The van der Waals surface area contributed by atoms with Crippen LogP contribution < -0.4 is 5.32 Å². The molecule has 190 valence electrons. The fourth-order valence-corrected chi connectivity index (χ4v) is 4.17. The molecule has 2 aromatic rings. The lowest BCUT2D eigenvalue weighted by Gasteiger charge is -2.25. The molecule has 7 heteroatoms. The van der Waals surface area contributed by atoms with Gasteiger partial charge in [0.1, 0.15) is 18.1 Å². The molecule has 7 nitrogen and oxygen atoms in total. The number of aliphatic hydroxyl groups is 1. The molecule has 36 heavy (non-hydrogen) atoms. The molecule has 1 aromatic carbocycles. The Labute approximate surface area is 213 Å². The van der Waals surface area contributed by atoms with Crippen molar-refractivity contribution in [3.8, 4) is 30.4 Å². The minimum absolute atomic E-state index is 0.0861. The number of aldehydes is 1. The molecule has 0 saturated heterocycles. The topological polar surface area (TPSA) is 101 Å². The third kappa shape index (κ3) is 7.41. The quantitative estimate of drug-likeness (QED) is 0.364. The van der Waals surface area contributed by atoms with E-state index in [9.17, 15) is 14.7 Å². The summed E-state index contributed by atoms with van der Waals surface area (Å²) in [5.74, 6) is 6.04. The van der Waals surface area contributed by atoms with Crippen LogP contribution >= 0.6 is 0 Å². The Balaban J connectivity index is 0.000000850. The number of carbonyl (C=O) groups excluding carboxylic acids is 3. The molecule has 1 heterocycles. The number of aromatic nitrogens is 2. The number of hydrogen-bond acceptors (Lipinski definition) is 5. The fraction of sp³-hybridized carbons (Fsp3) is 0.448. The first-order valence-electron chi connectivity index (χ1n) is 12.4. The minimum atomic E-state index is -0.633. The zero-order chi connectivity index (χ0) is 26.7. The summed E-state index contributed by atoms with van der Waals surface area (Å²) in [7, 11) is 0. The Morgan fingerprint density at radius 2 is 2.00 bits per heavy atom. The van der Waals surface area contributed by atoms with Gasteiger partial charge in [0, 0.05) is 24.0 Å².